The van der Waals surface area contributed by atoms with E-state index in [9.17, 15) is 44.1 Å². The van der Waals surface area contributed by atoms with E-state index in [-0.39, 0.29) is 17.8 Å². The molecule has 0 aliphatic heterocycles. The van der Waals surface area contributed by atoms with Crippen LogP contribution in [0.3, 0.4) is 0 Å². The number of primary amides is 1. The Bertz CT molecular complexity index is 1530. The highest BCUT2D eigenvalue weighted by Crippen LogP contribution is 2.55. The highest BCUT2D eigenvalue weighted by molar-refractivity contribution is 6.32. The van der Waals surface area contributed by atoms with Crippen molar-refractivity contribution in [1.29, 1.82) is 0 Å². The fraction of sp³-hybridized carbons (Fsp3) is 0.400. The number of rotatable bonds is 5. The second-order valence-corrected chi connectivity index (χ2v) is 11.4. The molecule has 2 fully saturated rings. The lowest BCUT2D eigenvalue weighted by Crippen LogP contribution is -2.77. The molecule has 8 unspecified atom stereocenters. The van der Waals surface area contributed by atoms with Gasteiger partial charge in [0.15, 0.2) is 40.4 Å². The average Bonchev–Trinajstić information content (AvgIpc) is 2.90. The van der Waals surface area contributed by atoms with Gasteiger partial charge in [-0.2, -0.15) is 0 Å². The smallest absolute Gasteiger partial charge is 0.235 e. The molecule has 11 nitrogen and oxygen atoms in total. The number of likely N-dealkylation sites (N-methyl/N-ethyl adjacent to an activating group) is 1. The van der Waals surface area contributed by atoms with Crippen molar-refractivity contribution in [2.24, 2.45) is 29.4 Å². The van der Waals surface area contributed by atoms with E-state index in [1.54, 1.807) is 30.3 Å². The van der Waals surface area contributed by atoms with Crippen LogP contribution in [-0.2, 0) is 25.6 Å². The van der Waals surface area contributed by atoms with Crippen LogP contribution >= 0.6 is 0 Å². The Kier molecular flexibility index (Phi) is 6.80. The number of ketones is 5. The summed E-state index contributed by atoms with van der Waals surface area (Å²) in [5.41, 5.74) is 3.50. The molecule has 0 aromatic heterocycles. The number of carbonyl (C=O) groups is 6. The first-order chi connectivity index (χ1) is 19.2. The van der Waals surface area contributed by atoms with Gasteiger partial charge in [-0.3, -0.25) is 33.7 Å². The van der Waals surface area contributed by atoms with E-state index in [4.69, 9.17) is 5.73 Å². The Labute approximate surface area is 234 Å². The standard InChI is InChI=1S/C30H30N2O9/c1-12(33)14-7-4-6-13(10-14)11-16-15-8-5-9-17(34)18(15)24(35)20-19(16)25(36)22-23(32(2)3)26(37)21(29(31)40)28(39)30(22,41)27(20)38/h4-10,16,19-23,25,34,36,41H,11H2,1-3H3,(H2,31,40). The molecule has 8 atom stereocenters. The number of nitrogens with zero attached hydrogens (tertiary/aromatic N) is 1. The molecule has 2 saturated carbocycles. The zero-order valence-corrected chi connectivity index (χ0v) is 22.6. The van der Waals surface area contributed by atoms with Gasteiger partial charge in [-0.1, -0.05) is 30.3 Å². The predicted octanol–water partition coefficient (Wildman–Crippen LogP) is -0.176. The van der Waals surface area contributed by atoms with Gasteiger partial charge in [0.1, 0.15) is 5.75 Å². The number of amides is 1. The van der Waals surface area contributed by atoms with Gasteiger partial charge < -0.3 is 21.1 Å². The lowest BCUT2D eigenvalue weighted by atomic mass is 9.49. The van der Waals surface area contributed by atoms with Crippen molar-refractivity contribution in [3.63, 3.8) is 0 Å². The van der Waals surface area contributed by atoms with Gasteiger partial charge in [0.25, 0.3) is 0 Å². The van der Waals surface area contributed by atoms with Crippen molar-refractivity contribution in [1.82, 2.24) is 4.90 Å². The highest BCUT2D eigenvalue weighted by atomic mass is 16.3. The van der Waals surface area contributed by atoms with Crippen molar-refractivity contribution in [2.75, 3.05) is 14.1 Å². The summed E-state index contributed by atoms with van der Waals surface area (Å²) in [5, 5.41) is 34.4. The van der Waals surface area contributed by atoms with E-state index < -0.39 is 82.1 Å². The van der Waals surface area contributed by atoms with Crippen LogP contribution in [0.4, 0.5) is 0 Å². The summed E-state index contributed by atoms with van der Waals surface area (Å²) in [6.45, 7) is 1.41. The van der Waals surface area contributed by atoms with Crippen LogP contribution in [0.15, 0.2) is 42.5 Å². The number of aliphatic hydroxyl groups excluding tert-OH is 1. The zero-order chi connectivity index (χ0) is 30.1. The molecule has 0 heterocycles. The molecule has 5 N–H and O–H groups in total. The number of hydrogen-bond donors (Lipinski definition) is 4. The van der Waals surface area contributed by atoms with Crippen LogP contribution in [0.25, 0.3) is 0 Å². The maximum Gasteiger partial charge on any atom is 0.235 e. The Morgan fingerprint density at radius 2 is 1.68 bits per heavy atom. The maximum atomic E-state index is 14.2. The lowest BCUT2D eigenvalue weighted by molar-refractivity contribution is -0.197. The molecular formula is C30H30N2O9. The van der Waals surface area contributed by atoms with E-state index in [0.717, 1.165) is 0 Å². The fourth-order valence-electron chi connectivity index (χ4n) is 7.18. The first kappa shape index (κ1) is 28.5. The molecule has 11 heteroatoms. The van der Waals surface area contributed by atoms with Crippen LogP contribution in [0.5, 0.6) is 5.75 Å². The van der Waals surface area contributed by atoms with Crippen LogP contribution in [0.1, 0.15) is 44.7 Å². The summed E-state index contributed by atoms with van der Waals surface area (Å²) in [6, 6.07) is 9.60. The number of fused-ring (bicyclic) bond motifs is 3. The first-order valence-corrected chi connectivity index (χ1v) is 13.2. The molecule has 3 aliphatic carbocycles. The highest BCUT2D eigenvalue weighted by Gasteiger charge is 2.73. The van der Waals surface area contributed by atoms with Crippen molar-refractivity contribution in [3.05, 3.63) is 64.7 Å². The second kappa shape index (κ2) is 9.79. The first-order valence-electron chi connectivity index (χ1n) is 13.2. The quantitative estimate of drug-likeness (QED) is 0.281. The third-order valence-corrected chi connectivity index (χ3v) is 8.94. The SMILES string of the molecule is CC(=O)c1cccc(CC2c3cccc(O)c3C(=O)C3C(=O)C4(O)C(=O)C(C(N)=O)C(=O)C(N(C)C)C4C(O)C32)c1. The normalized spacial score (nSPS) is 32.8. The number of phenolic OH excluding ortho intramolecular Hbond substituents is 1. The number of phenols is 1. The number of benzene rings is 2. The Hall–Kier alpha value is -4.06. The second-order valence-electron chi connectivity index (χ2n) is 11.4. The minimum absolute atomic E-state index is 0.111. The summed E-state index contributed by atoms with van der Waals surface area (Å²) in [7, 11) is 2.87. The number of nitrogens with two attached hydrogens (primary N) is 1. The summed E-state index contributed by atoms with van der Waals surface area (Å²) in [5.74, 6) is -14.2. The maximum absolute atomic E-state index is 14.2. The van der Waals surface area contributed by atoms with Crippen LogP contribution in [0.2, 0.25) is 0 Å². The molecule has 2 aromatic carbocycles. The van der Waals surface area contributed by atoms with E-state index >= 15 is 0 Å². The van der Waals surface area contributed by atoms with Crippen LogP contribution in [-0.4, -0.2) is 86.9 Å². The van der Waals surface area contributed by atoms with Crippen LogP contribution < -0.4 is 5.73 Å². The van der Waals surface area contributed by atoms with E-state index in [1.165, 1.54) is 38.1 Å². The number of Topliss-reactive ketones (excluding diaryl/α,β-unsaturated/α-hetero) is 5. The van der Waals surface area contributed by atoms with E-state index in [0.29, 0.717) is 16.7 Å². The van der Waals surface area contributed by atoms with Crippen molar-refractivity contribution < 1.29 is 44.1 Å². The van der Waals surface area contributed by atoms with Gasteiger partial charge in [-0.05, 0) is 56.6 Å². The molecule has 3 aliphatic rings. The largest absolute Gasteiger partial charge is 0.507 e. The minimum atomic E-state index is -3.07. The number of aromatic hydroxyl groups is 1. The Balaban J connectivity index is 1.73. The van der Waals surface area contributed by atoms with E-state index in [2.05, 4.69) is 0 Å². The predicted molar refractivity (Wildman–Crippen MR) is 142 cm³/mol. The zero-order valence-electron chi connectivity index (χ0n) is 22.6. The molecule has 0 spiro atoms. The number of aliphatic hydroxyl groups is 2. The van der Waals surface area contributed by atoms with Gasteiger partial charge in [0.2, 0.25) is 5.91 Å². The minimum Gasteiger partial charge on any atom is -0.507 e. The Morgan fingerprint density at radius 3 is 2.29 bits per heavy atom. The molecule has 0 radical (unpaired) electrons. The van der Waals surface area contributed by atoms with Crippen LogP contribution in [0, 0.1) is 23.7 Å². The number of hydrogen-bond acceptors (Lipinski definition) is 10. The van der Waals surface area contributed by atoms with Gasteiger partial charge in [-0.25, -0.2) is 0 Å². The molecule has 5 rings (SSSR count). The lowest BCUT2D eigenvalue weighted by Gasteiger charge is -2.56. The van der Waals surface area contributed by atoms with E-state index in [1.807, 2.05) is 0 Å². The van der Waals surface area contributed by atoms with Gasteiger partial charge in [0.05, 0.1) is 29.5 Å². The summed E-state index contributed by atoms with van der Waals surface area (Å²) < 4.78 is 0. The average molecular weight is 563 g/mol. The molecule has 41 heavy (non-hydrogen) atoms. The summed E-state index contributed by atoms with van der Waals surface area (Å²) >= 11 is 0. The van der Waals surface area contributed by atoms with Crippen molar-refractivity contribution in [2.45, 2.75) is 37.0 Å². The van der Waals surface area contributed by atoms with Gasteiger partial charge in [0, 0.05) is 11.5 Å². The summed E-state index contributed by atoms with van der Waals surface area (Å²) in [6.07, 6.45) is -1.64. The molecule has 0 saturated heterocycles. The molecule has 0 bridgehead atoms. The third-order valence-electron chi connectivity index (χ3n) is 8.94. The molecule has 214 valence electrons. The molecular weight excluding hydrogens is 532 g/mol. The van der Waals surface area contributed by atoms with Crippen molar-refractivity contribution >= 4 is 34.8 Å². The monoisotopic (exact) mass is 562 g/mol. The number of carbonyl (C=O) groups excluding carboxylic acids is 6. The van der Waals surface area contributed by atoms with Gasteiger partial charge in [-0.15, -0.1) is 0 Å². The van der Waals surface area contributed by atoms with Gasteiger partial charge >= 0.3 is 0 Å². The molecule has 2 aromatic rings. The Morgan fingerprint density at radius 1 is 1.02 bits per heavy atom. The topological polar surface area (TPSA) is 192 Å². The molecule has 1 amide bonds. The summed E-state index contributed by atoms with van der Waals surface area (Å²) in [4.78, 5) is 80.4. The fourth-order valence-corrected chi connectivity index (χ4v) is 7.18. The van der Waals surface area contributed by atoms with Crippen molar-refractivity contribution in [3.8, 4) is 5.75 Å². The third kappa shape index (κ3) is 3.98.